The summed E-state index contributed by atoms with van der Waals surface area (Å²) in [5, 5.41) is 14.7. The number of hydrogen-bond donors (Lipinski definition) is 1. The largest absolute Gasteiger partial charge is 0.496 e. The van der Waals surface area contributed by atoms with Crippen molar-refractivity contribution in [2.45, 2.75) is 18.4 Å². The maximum absolute atomic E-state index is 11.1. The van der Waals surface area contributed by atoms with E-state index in [1.807, 2.05) is 24.3 Å². The molecule has 1 N–H and O–H groups in total. The van der Waals surface area contributed by atoms with Crippen molar-refractivity contribution in [3.05, 3.63) is 75.9 Å². The van der Waals surface area contributed by atoms with Crippen molar-refractivity contribution in [2.24, 2.45) is 5.92 Å². The van der Waals surface area contributed by atoms with E-state index >= 15 is 0 Å². The van der Waals surface area contributed by atoms with Gasteiger partial charge in [0.1, 0.15) is 5.75 Å². The van der Waals surface area contributed by atoms with Gasteiger partial charge < -0.3 is 10.1 Å². The van der Waals surface area contributed by atoms with Crippen molar-refractivity contribution in [3.8, 4) is 5.75 Å². The lowest BCUT2D eigenvalue weighted by Crippen LogP contribution is -2.29. The van der Waals surface area contributed by atoms with Crippen molar-refractivity contribution in [2.75, 3.05) is 12.4 Å². The van der Waals surface area contributed by atoms with Gasteiger partial charge in [0.15, 0.2) is 0 Å². The number of nitro groups is 1. The summed E-state index contributed by atoms with van der Waals surface area (Å²) >= 11 is 0. The highest BCUT2D eigenvalue weighted by Gasteiger charge is 2.39. The van der Waals surface area contributed by atoms with Crippen LogP contribution in [0.1, 0.15) is 29.5 Å². The van der Waals surface area contributed by atoms with E-state index in [0.717, 1.165) is 29.0 Å². The average molecular weight is 322 g/mol. The number of rotatable bonds is 3. The smallest absolute Gasteiger partial charge is 0.269 e. The summed E-state index contributed by atoms with van der Waals surface area (Å²) in [5.74, 6) is 1.39. The molecule has 3 atom stereocenters. The Bertz CT molecular complexity index is 831. The van der Waals surface area contributed by atoms with Crippen molar-refractivity contribution >= 4 is 11.4 Å². The second kappa shape index (κ2) is 5.67. The summed E-state index contributed by atoms with van der Waals surface area (Å²) in [6, 6.07) is 13.2. The summed E-state index contributed by atoms with van der Waals surface area (Å²) in [5.41, 5.74) is 3.24. The number of nitro benzene ring substituents is 1. The number of anilines is 1. The molecular formula is C19H18N2O3. The maximum atomic E-state index is 11.1. The van der Waals surface area contributed by atoms with E-state index in [2.05, 4.69) is 23.5 Å². The molecule has 2 aromatic carbocycles. The number of para-hydroxylation sites is 1. The standard InChI is InChI=1S/C19H18N2O3/c1-24-18-8-3-2-5-15(18)19-14-7-4-6-13(14)16-11-12(21(22)23)9-10-17(16)20-19/h2-6,8-11,13-14,19-20H,7H2,1H3/t13-,14+,19-/m1/s1. The summed E-state index contributed by atoms with van der Waals surface area (Å²) in [7, 11) is 1.68. The molecule has 0 aromatic heterocycles. The number of nitrogens with zero attached hydrogens (tertiary/aromatic N) is 1. The normalized spacial score (nSPS) is 24.0. The van der Waals surface area contributed by atoms with Crippen LogP contribution in [0.5, 0.6) is 5.75 Å². The highest BCUT2D eigenvalue weighted by Crippen LogP contribution is 2.51. The van der Waals surface area contributed by atoms with Gasteiger partial charge in [0.2, 0.25) is 0 Å². The Labute approximate surface area is 140 Å². The number of fused-ring (bicyclic) bond motifs is 3. The highest BCUT2D eigenvalue weighted by molar-refractivity contribution is 5.63. The van der Waals surface area contributed by atoms with Gasteiger partial charge in [-0.3, -0.25) is 10.1 Å². The van der Waals surface area contributed by atoms with Crippen molar-refractivity contribution < 1.29 is 9.66 Å². The van der Waals surface area contributed by atoms with Crippen LogP contribution >= 0.6 is 0 Å². The van der Waals surface area contributed by atoms with Gasteiger partial charge in [-0.25, -0.2) is 0 Å². The van der Waals surface area contributed by atoms with Crippen LogP contribution in [0, 0.1) is 16.0 Å². The zero-order chi connectivity index (χ0) is 16.7. The van der Waals surface area contributed by atoms with Crippen molar-refractivity contribution in [1.82, 2.24) is 0 Å². The maximum Gasteiger partial charge on any atom is 0.269 e. The molecule has 2 aliphatic rings. The van der Waals surface area contributed by atoms with Crippen LogP contribution in [0.2, 0.25) is 0 Å². The lowest BCUT2D eigenvalue weighted by molar-refractivity contribution is -0.384. The molecule has 0 saturated heterocycles. The molecule has 5 nitrogen and oxygen atoms in total. The van der Waals surface area contributed by atoms with Crippen LogP contribution in [0.25, 0.3) is 0 Å². The molecule has 5 heteroatoms. The molecule has 24 heavy (non-hydrogen) atoms. The fourth-order valence-corrected chi connectivity index (χ4v) is 3.93. The Morgan fingerprint density at radius 2 is 2.04 bits per heavy atom. The Balaban J connectivity index is 1.80. The second-order valence-corrected chi connectivity index (χ2v) is 6.25. The average Bonchev–Trinajstić information content (AvgIpc) is 3.10. The number of benzene rings is 2. The molecule has 0 unspecified atom stereocenters. The number of hydrogen-bond acceptors (Lipinski definition) is 4. The first-order chi connectivity index (χ1) is 11.7. The molecule has 0 amide bonds. The number of methoxy groups -OCH3 is 1. The van der Waals surface area contributed by atoms with Gasteiger partial charge in [0.25, 0.3) is 5.69 Å². The molecule has 0 spiro atoms. The second-order valence-electron chi connectivity index (χ2n) is 6.25. The first kappa shape index (κ1) is 14.8. The Morgan fingerprint density at radius 3 is 2.83 bits per heavy atom. The number of allylic oxidation sites excluding steroid dienone is 2. The quantitative estimate of drug-likeness (QED) is 0.516. The monoisotopic (exact) mass is 322 g/mol. The number of ether oxygens (including phenoxy) is 1. The zero-order valence-corrected chi connectivity index (χ0v) is 13.3. The van der Waals surface area contributed by atoms with Crippen LogP contribution in [-0.4, -0.2) is 12.0 Å². The molecule has 2 aromatic rings. The van der Waals surface area contributed by atoms with Gasteiger partial charge in [-0.05, 0) is 30.0 Å². The minimum absolute atomic E-state index is 0.120. The van der Waals surface area contributed by atoms with Crippen LogP contribution in [0.3, 0.4) is 0 Å². The van der Waals surface area contributed by atoms with Gasteiger partial charge in [-0.2, -0.15) is 0 Å². The van der Waals surface area contributed by atoms with Gasteiger partial charge in [-0.15, -0.1) is 0 Å². The Morgan fingerprint density at radius 1 is 1.21 bits per heavy atom. The van der Waals surface area contributed by atoms with Gasteiger partial charge >= 0.3 is 0 Å². The van der Waals surface area contributed by atoms with Crippen molar-refractivity contribution in [1.29, 1.82) is 0 Å². The molecule has 122 valence electrons. The molecule has 1 aliphatic carbocycles. The van der Waals surface area contributed by atoms with E-state index in [0.29, 0.717) is 5.92 Å². The summed E-state index contributed by atoms with van der Waals surface area (Å²) in [6.45, 7) is 0. The third kappa shape index (κ3) is 2.24. The number of nitrogens with one attached hydrogen (secondary N) is 1. The third-order valence-corrected chi connectivity index (χ3v) is 5.03. The van der Waals surface area contributed by atoms with Crippen LogP contribution in [0.4, 0.5) is 11.4 Å². The molecule has 1 heterocycles. The van der Waals surface area contributed by atoms with Crippen LogP contribution in [0.15, 0.2) is 54.6 Å². The van der Waals surface area contributed by atoms with E-state index in [4.69, 9.17) is 4.74 Å². The van der Waals surface area contributed by atoms with Crippen molar-refractivity contribution in [3.63, 3.8) is 0 Å². The predicted molar refractivity (Wildman–Crippen MR) is 92.4 cm³/mol. The fourth-order valence-electron chi connectivity index (χ4n) is 3.93. The molecule has 1 aliphatic heterocycles. The molecule has 0 saturated carbocycles. The minimum atomic E-state index is -0.333. The summed E-state index contributed by atoms with van der Waals surface area (Å²) < 4.78 is 5.54. The first-order valence-corrected chi connectivity index (χ1v) is 8.03. The highest BCUT2D eigenvalue weighted by atomic mass is 16.6. The van der Waals surface area contributed by atoms with E-state index < -0.39 is 0 Å². The van der Waals surface area contributed by atoms with Gasteiger partial charge in [0.05, 0.1) is 18.1 Å². The van der Waals surface area contributed by atoms with E-state index in [1.165, 1.54) is 0 Å². The zero-order valence-electron chi connectivity index (χ0n) is 13.3. The first-order valence-electron chi connectivity index (χ1n) is 8.03. The molecule has 0 fully saturated rings. The molecule has 0 bridgehead atoms. The SMILES string of the molecule is COc1ccccc1[C@@H]1Nc2ccc([N+](=O)[O-])cc2[C@@H]2C=CC[C@@H]21. The van der Waals surface area contributed by atoms with Gasteiger partial charge in [0, 0.05) is 29.3 Å². The Kier molecular flexibility index (Phi) is 3.49. The lowest BCUT2D eigenvalue weighted by atomic mass is 9.76. The molecule has 4 rings (SSSR count). The minimum Gasteiger partial charge on any atom is -0.496 e. The van der Waals surface area contributed by atoms with Crippen LogP contribution < -0.4 is 10.1 Å². The fraction of sp³-hybridized carbons (Fsp3) is 0.263. The summed E-state index contributed by atoms with van der Waals surface area (Å²) in [4.78, 5) is 10.8. The predicted octanol–water partition coefficient (Wildman–Crippen LogP) is 4.43. The van der Waals surface area contributed by atoms with E-state index in [-0.39, 0.29) is 22.6 Å². The lowest BCUT2D eigenvalue weighted by Gasteiger charge is -2.37. The third-order valence-electron chi connectivity index (χ3n) is 5.03. The van der Waals surface area contributed by atoms with E-state index in [9.17, 15) is 10.1 Å². The molecule has 0 radical (unpaired) electrons. The topological polar surface area (TPSA) is 64.4 Å². The summed E-state index contributed by atoms with van der Waals surface area (Å²) in [6.07, 6.45) is 5.30. The van der Waals surface area contributed by atoms with E-state index in [1.54, 1.807) is 19.2 Å². The van der Waals surface area contributed by atoms with Gasteiger partial charge in [-0.1, -0.05) is 30.4 Å². The molecular weight excluding hydrogens is 304 g/mol. The Hall–Kier alpha value is -2.82. The number of non-ortho nitro benzene ring substituents is 1. The van der Waals surface area contributed by atoms with Crippen LogP contribution in [-0.2, 0) is 0 Å².